The molecule has 0 bridgehead atoms. The Kier molecular flexibility index (Phi) is 1.55. The van der Waals surface area contributed by atoms with E-state index < -0.39 is 5.60 Å². The number of ketones is 1. The third kappa shape index (κ3) is 0.838. The van der Waals surface area contributed by atoms with Gasteiger partial charge in [-0.15, -0.1) is 0 Å². The normalized spacial score (nSPS) is 31.4. The molecular weight excluding hydrogens is 128 g/mol. The van der Waals surface area contributed by atoms with Crippen molar-refractivity contribution in [2.24, 2.45) is 5.92 Å². The van der Waals surface area contributed by atoms with E-state index in [9.17, 15) is 4.79 Å². The maximum Gasteiger partial charge on any atom is 0.202 e. The molecule has 2 heteroatoms. The highest BCUT2D eigenvalue weighted by Gasteiger charge is 2.39. The molecule has 0 aromatic heterocycles. The van der Waals surface area contributed by atoms with Crippen molar-refractivity contribution in [1.82, 2.24) is 0 Å². The fraction of sp³-hybridized carbons (Fsp3) is 0.625. The molecule has 1 rings (SSSR count). The lowest BCUT2D eigenvalue weighted by Gasteiger charge is -2.25. The van der Waals surface area contributed by atoms with Crippen LogP contribution in [0.1, 0.15) is 20.8 Å². The molecule has 56 valence electrons. The van der Waals surface area contributed by atoms with Gasteiger partial charge < -0.3 is 4.74 Å². The summed E-state index contributed by atoms with van der Waals surface area (Å²) in [5.41, 5.74) is -0.597. The Morgan fingerprint density at radius 1 is 1.60 bits per heavy atom. The van der Waals surface area contributed by atoms with Crippen molar-refractivity contribution in [2.45, 2.75) is 26.4 Å². The molecule has 0 saturated carbocycles. The first-order valence-corrected chi connectivity index (χ1v) is 3.46. The van der Waals surface area contributed by atoms with Gasteiger partial charge in [0.05, 0.1) is 6.26 Å². The van der Waals surface area contributed by atoms with Crippen molar-refractivity contribution in [3.05, 3.63) is 12.3 Å². The van der Waals surface area contributed by atoms with Crippen LogP contribution in [0.2, 0.25) is 0 Å². The Morgan fingerprint density at radius 2 is 2.20 bits per heavy atom. The van der Waals surface area contributed by atoms with Crippen LogP contribution in [0.15, 0.2) is 12.3 Å². The maximum absolute atomic E-state index is 11.1. The van der Waals surface area contributed by atoms with Gasteiger partial charge in [0.15, 0.2) is 5.60 Å². The molecule has 0 aromatic carbocycles. The van der Waals surface area contributed by atoms with Crippen LogP contribution in [0.3, 0.4) is 0 Å². The van der Waals surface area contributed by atoms with Crippen LogP contribution in [0, 0.1) is 5.92 Å². The molecule has 1 aliphatic heterocycles. The van der Waals surface area contributed by atoms with Crippen LogP contribution >= 0.6 is 0 Å². The highest BCUT2D eigenvalue weighted by atomic mass is 16.5. The zero-order valence-corrected chi connectivity index (χ0v) is 6.55. The fourth-order valence-electron chi connectivity index (χ4n) is 0.881. The molecule has 1 aliphatic rings. The standard InChI is InChI=1S/C8H12O2/c1-6(2)8(3)7(9)4-5-10-8/h4-6H,1-3H3. The van der Waals surface area contributed by atoms with E-state index in [-0.39, 0.29) is 11.7 Å². The smallest absolute Gasteiger partial charge is 0.202 e. The molecule has 0 spiro atoms. The van der Waals surface area contributed by atoms with E-state index in [0.29, 0.717) is 0 Å². The van der Waals surface area contributed by atoms with Crippen molar-refractivity contribution in [3.63, 3.8) is 0 Å². The van der Waals surface area contributed by atoms with Gasteiger partial charge in [0.25, 0.3) is 0 Å². The predicted octanol–water partition coefficient (Wildman–Crippen LogP) is 1.51. The van der Waals surface area contributed by atoms with E-state index in [2.05, 4.69) is 0 Å². The van der Waals surface area contributed by atoms with Gasteiger partial charge in [-0.2, -0.15) is 0 Å². The molecule has 10 heavy (non-hydrogen) atoms. The quantitative estimate of drug-likeness (QED) is 0.552. The SMILES string of the molecule is CC(C)C1(C)OC=CC1=O. The molecule has 0 fully saturated rings. The van der Waals surface area contributed by atoms with Gasteiger partial charge in [-0.3, -0.25) is 4.79 Å². The Morgan fingerprint density at radius 3 is 2.40 bits per heavy atom. The first kappa shape index (κ1) is 7.32. The second-order valence-corrected chi connectivity index (χ2v) is 3.05. The minimum absolute atomic E-state index is 0.0718. The van der Waals surface area contributed by atoms with Gasteiger partial charge in [0.2, 0.25) is 5.78 Å². The predicted molar refractivity (Wildman–Crippen MR) is 38.5 cm³/mol. The second-order valence-electron chi connectivity index (χ2n) is 3.05. The van der Waals surface area contributed by atoms with Gasteiger partial charge in [-0.25, -0.2) is 0 Å². The number of ether oxygens (including phenoxy) is 1. The van der Waals surface area contributed by atoms with E-state index in [1.165, 1.54) is 12.3 Å². The van der Waals surface area contributed by atoms with E-state index >= 15 is 0 Å². The summed E-state index contributed by atoms with van der Waals surface area (Å²) >= 11 is 0. The molecule has 1 heterocycles. The van der Waals surface area contributed by atoms with Crippen molar-refractivity contribution in [2.75, 3.05) is 0 Å². The third-order valence-corrected chi connectivity index (χ3v) is 2.12. The third-order valence-electron chi connectivity index (χ3n) is 2.12. The van der Waals surface area contributed by atoms with Crippen LogP contribution in [-0.2, 0) is 9.53 Å². The van der Waals surface area contributed by atoms with Crippen LogP contribution < -0.4 is 0 Å². The minimum atomic E-state index is -0.597. The summed E-state index contributed by atoms with van der Waals surface area (Å²) in [5, 5.41) is 0. The average molecular weight is 140 g/mol. The monoisotopic (exact) mass is 140 g/mol. The minimum Gasteiger partial charge on any atom is -0.487 e. The lowest BCUT2D eigenvalue weighted by atomic mass is 9.89. The largest absolute Gasteiger partial charge is 0.487 e. The maximum atomic E-state index is 11.1. The summed E-state index contributed by atoms with van der Waals surface area (Å²) < 4.78 is 5.18. The molecule has 0 aliphatic carbocycles. The van der Waals surface area contributed by atoms with Gasteiger partial charge in [-0.1, -0.05) is 13.8 Å². The molecule has 0 N–H and O–H groups in total. The summed E-state index contributed by atoms with van der Waals surface area (Å²) in [6.07, 6.45) is 2.96. The summed E-state index contributed by atoms with van der Waals surface area (Å²) in [4.78, 5) is 11.1. The van der Waals surface area contributed by atoms with E-state index in [0.717, 1.165) is 0 Å². The molecule has 0 radical (unpaired) electrons. The number of carbonyl (C=O) groups excluding carboxylic acids is 1. The van der Waals surface area contributed by atoms with Gasteiger partial charge >= 0.3 is 0 Å². The van der Waals surface area contributed by atoms with Gasteiger partial charge in [0.1, 0.15) is 0 Å². The van der Waals surface area contributed by atoms with Crippen molar-refractivity contribution >= 4 is 5.78 Å². The van der Waals surface area contributed by atoms with Crippen LogP contribution in [0.4, 0.5) is 0 Å². The highest BCUT2D eigenvalue weighted by molar-refractivity contribution is 5.98. The summed E-state index contributed by atoms with van der Waals surface area (Å²) in [5.74, 6) is 0.303. The Labute approximate surface area is 60.9 Å². The highest BCUT2D eigenvalue weighted by Crippen LogP contribution is 2.27. The molecule has 1 unspecified atom stereocenters. The Bertz CT molecular complexity index is 182. The molecule has 2 nitrogen and oxygen atoms in total. The second kappa shape index (κ2) is 2.11. The number of rotatable bonds is 1. The summed E-state index contributed by atoms with van der Waals surface area (Å²) in [6.45, 7) is 5.77. The van der Waals surface area contributed by atoms with E-state index in [1.807, 2.05) is 20.8 Å². The van der Waals surface area contributed by atoms with Crippen molar-refractivity contribution < 1.29 is 9.53 Å². The Balaban J connectivity index is 2.81. The first-order valence-electron chi connectivity index (χ1n) is 3.46. The fourth-order valence-corrected chi connectivity index (χ4v) is 0.881. The topological polar surface area (TPSA) is 26.3 Å². The Hall–Kier alpha value is -0.790. The number of hydrogen-bond donors (Lipinski definition) is 0. The average Bonchev–Trinajstić information content (AvgIpc) is 2.15. The van der Waals surface area contributed by atoms with E-state index in [4.69, 9.17) is 4.74 Å². The number of hydrogen-bond acceptors (Lipinski definition) is 2. The van der Waals surface area contributed by atoms with E-state index in [1.54, 1.807) is 0 Å². The summed E-state index contributed by atoms with van der Waals surface area (Å²) in [7, 11) is 0. The van der Waals surface area contributed by atoms with Crippen LogP contribution in [0.25, 0.3) is 0 Å². The van der Waals surface area contributed by atoms with Crippen LogP contribution in [-0.4, -0.2) is 11.4 Å². The molecular formula is C8H12O2. The van der Waals surface area contributed by atoms with Crippen molar-refractivity contribution in [3.8, 4) is 0 Å². The van der Waals surface area contributed by atoms with Gasteiger partial charge in [0, 0.05) is 12.0 Å². The lowest BCUT2D eigenvalue weighted by Crippen LogP contribution is -2.37. The molecule has 1 atom stereocenters. The van der Waals surface area contributed by atoms with Gasteiger partial charge in [-0.05, 0) is 6.92 Å². The lowest BCUT2D eigenvalue weighted by molar-refractivity contribution is -0.131. The molecule has 0 saturated heterocycles. The summed E-state index contributed by atoms with van der Waals surface area (Å²) in [6, 6.07) is 0. The zero-order chi connectivity index (χ0) is 7.78. The van der Waals surface area contributed by atoms with Crippen LogP contribution in [0.5, 0.6) is 0 Å². The zero-order valence-electron chi connectivity index (χ0n) is 6.55. The molecule has 0 aromatic rings. The van der Waals surface area contributed by atoms with Crippen molar-refractivity contribution in [1.29, 1.82) is 0 Å². The molecule has 0 amide bonds. The number of carbonyl (C=O) groups is 1. The first-order chi connectivity index (χ1) is 4.57.